The molecule has 126 valence electrons. The predicted molar refractivity (Wildman–Crippen MR) is 91.2 cm³/mol. The van der Waals surface area contributed by atoms with Crippen LogP contribution in [0.25, 0.3) is 0 Å². The number of rotatable bonds is 4. The maximum absolute atomic E-state index is 13.0. The van der Waals surface area contributed by atoms with Crippen LogP contribution in [0.5, 0.6) is 5.75 Å². The molecule has 0 spiro atoms. The van der Waals surface area contributed by atoms with E-state index in [1.807, 2.05) is 35.2 Å². The van der Waals surface area contributed by atoms with Crippen LogP contribution in [0.2, 0.25) is 0 Å². The zero-order valence-corrected chi connectivity index (χ0v) is 13.8. The third-order valence-electron chi connectivity index (χ3n) is 5.13. The number of carbonyl (C=O) groups excluding carboxylic acids is 1. The first-order valence-electron chi connectivity index (χ1n) is 8.85. The van der Waals surface area contributed by atoms with Crippen LogP contribution < -0.4 is 4.74 Å². The Labute approximate surface area is 142 Å². The average molecular weight is 325 g/mol. The normalized spacial score (nSPS) is 21.3. The molecule has 1 saturated heterocycles. The van der Waals surface area contributed by atoms with Crippen molar-refractivity contribution in [3.05, 3.63) is 47.8 Å². The monoisotopic (exact) mass is 325 g/mol. The number of nitrogens with zero attached hydrogens (tertiary/aromatic N) is 2. The van der Waals surface area contributed by atoms with E-state index in [9.17, 15) is 4.79 Å². The topological polar surface area (TPSA) is 58.2 Å². The molecule has 2 aliphatic rings. The number of nitrogens with one attached hydrogen (secondary N) is 1. The first kappa shape index (κ1) is 15.2. The molecule has 0 bridgehead atoms. The molecule has 1 aromatic carbocycles. The summed E-state index contributed by atoms with van der Waals surface area (Å²) in [5.74, 6) is 1.15. The van der Waals surface area contributed by atoms with Crippen molar-refractivity contribution in [3.63, 3.8) is 0 Å². The van der Waals surface area contributed by atoms with Crippen molar-refractivity contribution in [1.29, 1.82) is 0 Å². The van der Waals surface area contributed by atoms with Gasteiger partial charge in [-0.15, -0.1) is 0 Å². The Hall–Kier alpha value is -2.30. The molecule has 2 heterocycles. The van der Waals surface area contributed by atoms with E-state index < -0.39 is 0 Å². The Morgan fingerprint density at radius 3 is 2.79 bits per heavy atom. The number of piperidine rings is 1. The number of amides is 1. The summed E-state index contributed by atoms with van der Waals surface area (Å²) in [4.78, 5) is 15.0. The number of likely N-dealkylation sites (tertiary alicyclic amines) is 1. The molecule has 0 radical (unpaired) electrons. The van der Waals surface area contributed by atoms with E-state index >= 15 is 0 Å². The van der Waals surface area contributed by atoms with Crippen LogP contribution in [0.15, 0.2) is 36.5 Å². The summed E-state index contributed by atoms with van der Waals surface area (Å²) in [6.07, 6.45) is 7.56. The van der Waals surface area contributed by atoms with Gasteiger partial charge in [-0.1, -0.05) is 12.1 Å². The largest absolute Gasteiger partial charge is 0.490 e. The molecular weight excluding hydrogens is 302 g/mol. The molecule has 2 fully saturated rings. The standard InChI is InChI=1S/C19H23N3O2/c23-19(16-8-1-2-9-18(16)24-15-6-3-7-15)22-12-4-5-14(13-22)17-10-11-20-21-17/h1-2,8-11,14-15H,3-7,12-13H2,(H,20,21). The number of para-hydroxylation sites is 1. The molecule has 2 aromatic rings. The van der Waals surface area contributed by atoms with Crippen LogP contribution in [0.1, 0.15) is 54.1 Å². The number of H-pyrrole nitrogens is 1. The Morgan fingerprint density at radius 1 is 1.17 bits per heavy atom. The number of aromatic nitrogens is 2. The van der Waals surface area contributed by atoms with Gasteiger partial charge in [0.25, 0.3) is 5.91 Å². The van der Waals surface area contributed by atoms with Crippen LogP contribution in [-0.2, 0) is 0 Å². The maximum atomic E-state index is 13.0. The van der Waals surface area contributed by atoms with Gasteiger partial charge in [-0.3, -0.25) is 9.89 Å². The fourth-order valence-electron chi connectivity index (χ4n) is 3.49. The van der Waals surface area contributed by atoms with E-state index in [-0.39, 0.29) is 12.0 Å². The van der Waals surface area contributed by atoms with Crippen molar-refractivity contribution in [3.8, 4) is 5.75 Å². The molecule has 1 N–H and O–H groups in total. The third-order valence-corrected chi connectivity index (χ3v) is 5.13. The predicted octanol–water partition coefficient (Wildman–Crippen LogP) is 3.36. The van der Waals surface area contributed by atoms with Gasteiger partial charge in [0.05, 0.1) is 11.7 Å². The van der Waals surface area contributed by atoms with Gasteiger partial charge in [-0.05, 0) is 50.3 Å². The quantitative estimate of drug-likeness (QED) is 0.938. The number of hydrogen-bond acceptors (Lipinski definition) is 3. The van der Waals surface area contributed by atoms with Gasteiger partial charge in [0.15, 0.2) is 0 Å². The molecule has 5 nitrogen and oxygen atoms in total. The van der Waals surface area contributed by atoms with E-state index in [0.717, 1.165) is 50.2 Å². The zero-order chi connectivity index (χ0) is 16.4. The molecule has 1 saturated carbocycles. The zero-order valence-electron chi connectivity index (χ0n) is 13.8. The van der Waals surface area contributed by atoms with Gasteiger partial charge in [0, 0.05) is 30.9 Å². The Bertz CT molecular complexity index is 694. The van der Waals surface area contributed by atoms with Gasteiger partial charge in [0.1, 0.15) is 5.75 Å². The SMILES string of the molecule is O=C(c1ccccc1OC1CCC1)N1CCCC(c2ccn[nH]2)C1. The molecular formula is C19H23N3O2. The highest BCUT2D eigenvalue weighted by Crippen LogP contribution is 2.30. The summed E-state index contributed by atoms with van der Waals surface area (Å²) in [7, 11) is 0. The summed E-state index contributed by atoms with van der Waals surface area (Å²) in [5.41, 5.74) is 1.81. The number of hydrogen-bond donors (Lipinski definition) is 1. The Kier molecular flexibility index (Phi) is 4.24. The molecule has 1 aliphatic heterocycles. The van der Waals surface area contributed by atoms with Crippen LogP contribution in [-0.4, -0.2) is 40.2 Å². The summed E-state index contributed by atoms with van der Waals surface area (Å²) in [5, 5.41) is 7.09. The second kappa shape index (κ2) is 6.67. The van der Waals surface area contributed by atoms with Crippen LogP contribution in [0.3, 0.4) is 0 Å². The first-order valence-corrected chi connectivity index (χ1v) is 8.85. The van der Waals surface area contributed by atoms with Crippen molar-refractivity contribution < 1.29 is 9.53 Å². The molecule has 1 amide bonds. The highest BCUT2D eigenvalue weighted by molar-refractivity contribution is 5.97. The van der Waals surface area contributed by atoms with Gasteiger partial charge >= 0.3 is 0 Å². The minimum atomic E-state index is 0.0779. The number of benzene rings is 1. The molecule has 5 heteroatoms. The molecule has 1 aromatic heterocycles. The van der Waals surface area contributed by atoms with Gasteiger partial charge in [-0.25, -0.2) is 0 Å². The minimum Gasteiger partial charge on any atom is -0.490 e. The first-order chi connectivity index (χ1) is 11.8. The van der Waals surface area contributed by atoms with Crippen LogP contribution in [0, 0.1) is 0 Å². The van der Waals surface area contributed by atoms with Crippen molar-refractivity contribution in [1.82, 2.24) is 15.1 Å². The fraction of sp³-hybridized carbons (Fsp3) is 0.474. The number of carbonyl (C=O) groups is 1. The Morgan fingerprint density at radius 2 is 2.04 bits per heavy atom. The third kappa shape index (κ3) is 3.03. The van der Waals surface area contributed by atoms with E-state index in [1.165, 1.54) is 6.42 Å². The second-order valence-electron chi connectivity index (χ2n) is 6.77. The van der Waals surface area contributed by atoms with E-state index in [4.69, 9.17) is 4.74 Å². The Balaban J connectivity index is 1.50. The van der Waals surface area contributed by atoms with Crippen LogP contribution in [0.4, 0.5) is 0 Å². The lowest BCUT2D eigenvalue weighted by molar-refractivity contribution is 0.0689. The number of ether oxygens (including phenoxy) is 1. The van der Waals surface area contributed by atoms with Gasteiger partial charge in [0.2, 0.25) is 0 Å². The molecule has 1 atom stereocenters. The van der Waals surface area contributed by atoms with E-state index in [1.54, 1.807) is 6.20 Å². The summed E-state index contributed by atoms with van der Waals surface area (Å²) >= 11 is 0. The average Bonchev–Trinajstić information content (AvgIpc) is 3.13. The molecule has 1 aliphatic carbocycles. The molecule has 24 heavy (non-hydrogen) atoms. The van der Waals surface area contributed by atoms with Crippen molar-refractivity contribution in [2.75, 3.05) is 13.1 Å². The van der Waals surface area contributed by atoms with E-state index in [0.29, 0.717) is 11.5 Å². The number of aromatic amines is 1. The molecule has 1 unspecified atom stereocenters. The second-order valence-corrected chi connectivity index (χ2v) is 6.77. The smallest absolute Gasteiger partial charge is 0.257 e. The van der Waals surface area contributed by atoms with Crippen LogP contribution >= 0.6 is 0 Å². The summed E-state index contributed by atoms with van der Waals surface area (Å²) in [6.45, 7) is 1.54. The van der Waals surface area contributed by atoms with E-state index in [2.05, 4.69) is 10.2 Å². The summed E-state index contributed by atoms with van der Waals surface area (Å²) < 4.78 is 6.03. The summed E-state index contributed by atoms with van der Waals surface area (Å²) in [6, 6.07) is 9.66. The van der Waals surface area contributed by atoms with Gasteiger partial charge in [-0.2, -0.15) is 5.10 Å². The lowest BCUT2D eigenvalue weighted by atomic mass is 9.94. The lowest BCUT2D eigenvalue weighted by Gasteiger charge is -2.33. The van der Waals surface area contributed by atoms with Gasteiger partial charge < -0.3 is 9.64 Å². The fourth-order valence-corrected chi connectivity index (χ4v) is 3.49. The van der Waals surface area contributed by atoms with Crippen molar-refractivity contribution >= 4 is 5.91 Å². The van der Waals surface area contributed by atoms with Crippen molar-refractivity contribution in [2.24, 2.45) is 0 Å². The highest BCUT2D eigenvalue weighted by atomic mass is 16.5. The highest BCUT2D eigenvalue weighted by Gasteiger charge is 2.28. The lowest BCUT2D eigenvalue weighted by Crippen LogP contribution is -2.39. The molecule has 4 rings (SSSR count). The maximum Gasteiger partial charge on any atom is 0.257 e. The van der Waals surface area contributed by atoms with Crippen molar-refractivity contribution in [2.45, 2.75) is 44.1 Å². The minimum absolute atomic E-state index is 0.0779.